The number of hydrogen-bond acceptors (Lipinski definition) is 2. The van der Waals surface area contributed by atoms with Crippen molar-refractivity contribution in [3.8, 4) is 0 Å². The first-order valence-corrected chi connectivity index (χ1v) is 2.86. The first-order chi connectivity index (χ1) is 3.77. The van der Waals surface area contributed by atoms with E-state index in [1.807, 2.05) is 0 Å². The van der Waals surface area contributed by atoms with Gasteiger partial charge in [-0.15, -0.1) is 0 Å². The third-order valence-electron chi connectivity index (χ3n) is 0.353. The molecule has 0 heterocycles. The van der Waals surface area contributed by atoms with Crippen molar-refractivity contribution in [2.24, 2.45) is 0 Å². The highest BCUT2D eigenvalue weighted by Gasteiger charge is 1.80. The Hall–Kier alpha value is -0.610. The van der Waals surface area contributed by atoms with Gasteiger partial charge < -0.3 is 4.18 Å². The minimum atomic E-state index is -2.20. The van der Waals surface area contributed by atoms with Crippen LogP contribution in [0.15, 0.2) is 25.0 Å². The van der Waals surface area contributed by atoms with Crippen LogP contribution in [0, 0.1) is 0 Å². The molecule has 1 unspecified atom stereocenters. The van der Waals surface area contributed by atoms with Crippen LogP contribution in [0.3, 0.4) is 0 Å². The number of rotatable bonds is 3. The molecule has 0 aromatic rings. The lowest BCUT2D eigenvalue weighted by molar-refractivity contribution is 0.420. The maximum absolute atomic E-state index is 9.68. The average molecular weight is 134 g/mol. The quantitative estimate of drug-likeness (QED) is 0.353. The lowest BCUT2D eigenvalue weighted by atomic mass is 10.6. The highest BCUT2D eigenvalue weighted by Crippen LogP contribution is 1.80. The normalized spacial score (nSPS) is 13.6. The van der Waals surface area contributed by atoms with E-state index in [0.717, 1.165) is 6.26 Å². The summed E-state index contributed by atoms with van der Waals surface area (Å²) in [6, 6.07) is 0. The molecule has 4 heteroatoms. The molecule has 1 N–H and O–H groups in total. The minimum Gasteiger partial charge on any atom is -0.388 e. The van der Waals surface area contributed by atoms with Gasteiger partial charge in [-0.05, 0) is 6.08 Å². The van der Waals surface area contributed by atoms with Crippen LogP contribution in [0.1, 0.15) is 0 Å². The Labute approximate surface area is 50.2 Å². The van der Waals surface area contributed by atoms with Gasteiger partial charge in [-0.1, -0.05) is 12.7 Å². The Balaban J connectivity index is 3.29. The molecule has 0 amide bonds. The second-order valence-corrected chi connectivity index (χ2v) is 1.50. The van der Waals surface area contributed by atoms with Gasteiger partial charge in [0.2, 0.25) is 0 Å². The van der Waals surface area contributed by atoms with Crippen molar-refractivity contribution >= 4 is 11.4 Å². The maximum atomic E-state index is 9.68. The first-order valence-electron chi connectivity index (χ1n) is 1.83. The molecule has 0 aromatic carbocycles. The smallest absolute Gasteiger partial charge is 0.356 e. The molecular formula is C4H6O3S. The zero-order valence-corrected chi connectivity index (χ0v) is 4.93. The summed E-state index contributed by atoms with van der Waals surface area (Å²) in [5, 5.41) is 0. The molecule has 0 aromatic heterocycles. The largest absolute Gasteiger partial charge is 0.388 e. The predicted molar refractivity (Wildman–Crippen MR) is 31.2 cm³/mol. The van der Waals surface area contributed by atoms with E-state index in [2.05, 4.69) is 10.8 Å². The summed E-state index contributed by atoms with van der Waals surface area (Å²) in [5.74, 6) is 0. The summed E-state index contributed by atoms with van der Waals surface area (Å²) < 4.78 is 21.7. The summed E-state index contributed by atoms with van der Waals surface area (Å²) in [6.45, 7) is 3.31. The fourth-order valence-corrected chi connectivity index (χ4v) is 0.294. The standard InChI is InChI=1S/C4H6O3S/c1-2-3-4-7-8(5)6/h2-4H,1H2,(H,5,6). The van der Waals surface area contributed by atoms with Crippen molar-refractivity contribution in [1.29, 1.82) is 0 Å². The summed E-state index contributed by atoms with van der Waals surface area (Å²) in [6.07, 6.45) is 3.93. The van der Waals surface area contributed by atoms with Crippen molar-refractivity contribution in [2.45, 2.75) is 0 Å². The van der Waals surface area contributed by atoms with Gasteiger partial charge in [0.1, 0.15) is 6.26 Å². The van der Waals surface area contributed by atoms with Crippen molar-refractivity contribution in [1.82, 2.24) is 0 Å². The summed E-state index contributed by atoms with van der Waals surface area (Å²) in [5.41, 5.74) is 0. The third kappa shape index (κ3) is 5.39. The average Bonchev–Trinajstić information content (AvgIpc) is 1.66. The molecule has 46 valence electrons. The SMILES string of the molecule is C=CC=COS(=O)O. The second-order valence-electron chi connectivity index (χ2n) is 0.878. The zero-order valence-electron chi connectivity index (χ0n) is 4.11. The van der Waals surface area contributed by atoms with Gasteiger partial charge >= 0.3 is 11.4 Å². The van der Waals surface area contributed by atoms with E-state index in [1.165, 1.54) is 12.2 Å². The monoisotopic (exact) mass is 134 g/mol. The highest BCUT2D eigenvalue weighted by atomic mass is 32.2. The van der Waals surface area contributed by atoms with Crippen LogP contribution in [-0.2, 0) is 15.5 Å². The molecule has 1 atom stereocenters. The fraction of sp³-hybridized carbons (Fsp3) is 0. The van der Waals surface area contributed by atoms with Gasteiger partial charge in [-0.3, -0.25) is 4.55 Å². The Morgan fingerprint density at radius 3 is 2.75 bits per heavy atom. The van der Waals surface area contributed by atoms with E-state index in [0.29, 0.717) is 0 Å². The Bertz CT molecular complexity index is 118. The topological polar surface area (TPSA) is 46.5 Å². The maximum Gasteiger partial charge on any atom is 0.356 e. The van der Waals surface area contributed by atoms with E-state index in [1.54, 1.807) is 0 Å². The van der Waals surface area contributed by atoms with Crippen LogP contribution in [0.25, 0.3) is 0 Å². The molecule has 0 aliphatic rings. The van der Waals surface area contributed by atoms with Crippen molar-refractivity contribution in [3.63, 3.8) is 0 Å². The van der Waals surface area contributed by atoms with Crippen LogP contribution >= 0.6 is 0 Å². The van der Waals surface area contributed by atoms with E-state index < -0.39 is 11.4 Å². The van der Waals surface area contributed by atoms with Gasteiger partial charge in [0.15, 0.2) is 0 Å². The lowest BCUT2D eigenvalue weighted by Crippen LogP contribution is -1.84. The van der Waals surface area contributed by atoms with Crippen LogP contribution in [0.4, 0.5) is 0 Å². The Morgan fingerprint density at radius 1 is 1.75 bits per heavy atom. The molecule has 0 spiro atoms. The van der Waals surface area contributed by atoms with Crippen LogP contribution < -0.4 is 0 Å². The van der Waals surface area contributed by atoms with Crippen LogP contribution in [0.2, 0.25) is 0 Å². The molecule has 0 fully saturated rings. The molecule has 0 rings (SSSR count). The minimum absolute atomic E-state index is 1.09. The zero-order chi connectivity index (χ0) is 6.41. The van der Waals surface area contributed by atoms with Crippen LogP contribution in [0.5, 0.6) is 0 Å². The molecule has 0 saturated carbocycles. The van der Waals surface area contributed by atoms with Gasteiger partial charge in [0.25, 0.3) is 0 Å². The van der Waals surface area contributed by atoms with Crippen LogP contribution in [-0.4, -0.2) is 8.76 Å². The highest BCUT2D eigenvalue weighted by molar-refractivity contribution is 7.74. The first kappa shape index (κ1) is 7.39. The molecular weight excluding hydrogens is 128 g/mol. The number of allylic oxidation sites excluding steroid dienone is 2. The lowest BCUT2D eigenvalue weighted by Gasteiger charge is -1.84. The predicted octanol–water partition coefficient (Wildman–Crippen LogP) is 0.839. The van der Waals surface area contributed by atoms with Gasteiger partial charge in [0.05, 0.1) is 0 Å². The van der Waals surface area contributed by atoms with Crippen molar-refractivity contribution in [2.75, 3.05) is 0 Å². The molecule has 0 radical (unpaired) electrons. The molecule has 0 bridgehead atoms. The number of hydrogen-bond donors (Lipinski definition) is 1. The van der Waals surface area contributed by atoms with E-state index in [-0.39, 0.29) is 0 Å². The van der Waals surface area contributed by atoms with Gasteiger partial charge in [0, 0.05) is 0 Å². The summed E-state index contributed by atoms with van der Waals surface area (Å²) in [7, 11) is 0. The van der Waals surface area contributed by atoms with Gasteiger partial charge in [-0.25, -0.2) is 0 Å². The fourth-order valence-electron chi connectivity index (χ4n) is 0.135. The second kappa shape index (κ2) is 4.55. The van der Waals surface area contributed by atoms with E-state index in [9.17, 15) is 4.21 Å². The van der Waals surface area contributed by atoms with E-state index in [4.69, 9.17) is 4.55 Å². The molecule has 3 nitrogen and oxygen atoms in total. The molecule has 0 saturated heterocycles. The summed E-state index contributed by atoms with van der Waals surface area (Å²) >= 11 is -2.20. The van der Waals surface area contributed by atoms with E-state index >= 15 is 0 Å². The van der Waals surface area contributed by atoms with Crippen molar-refractivity contribution in [3.05, 3.63) is 25.0 Å². The summed E-state index contributed by atoms with van der Waals surface area (Å²) in [4.78, 5) is 0. The van der Waals surface area contributed by atoms with Gasteiger partial charge in [-0.2, -0.15) is 4.21 Å². The Morgan fingerprint density at radius 2 is 2.38 bits per heavy atom. The Kier molecular flexibility index (Phi) is 4.20. The third-order valence-corrected chi connectivity index (χ3v) is 0.628. The van der Waals surface area contributed by atoms with Crippen molar-refractivity contribution < 1.29 is 12.9 Å². The molecule has 8 heavy (non-hydrogen) atoms. The molecule has 0 aliphatic carbocycles. The molecule has 0 aliphatic heterocycles.